The summed E-state index contributed by atoms with van der Waals surface area (Å²) in [5.41, 5.74) is 1.32. The van der Waals surface area contributed by atoms with Crippen LogP contribution < -0.4 is 10.2 Å². The molecule has 1 aromatic heterocycles. The van der Waals surface area contributed by atoms with E-state index in [1.54, 1.807) is 0 Å². The van der Waals surface area contributed by atoms with E-state index in [0.717, 1.165) is 23.5 Å². The number of nitrogens with one attached hydrogen (secondary N) is 2. The molecule has 0 aliphatic carbocycles. The van der Waals surface area contributed by atoms with E-state index in [1.165, 1.54) is 23.3 Å². The summed E-state index contributed by atoms with van der Waals surface area (Å²) in [5.74, 6) is -0.504. The van der Waals surface area contributed by atoms with Crippen molar-refractivity contribution in [2.24, 2.45) is 0 Å². The topological polar surface area (TPSA) is 69.1 Å². The normalized spacial score (nSPS) is 24.3. The van der Waals surface area contributed by atoms with E-state index in [0.29, 0.717) is 17.1 Å². The van der Waals surface area contributed by atoms with Gasteiger partial charge in [-0.3, -0.25) is 4.79 Å². The van der Waals surface area contributed by atoms with E-state index in [9.17, 15) is 9.59 Å². The molecule has 0 radical (unpaired) electrons. The lowest BCUT2D eigenvalue weighted by atomic mass is 10.1. The number of esters is 1. The van der Waals surface area contributed by atoms with Crippen molar-refractivity contribution in [2.75, 3.05) is 32.1 Å². The zero-order valence-electron chi connectivity index (χ0n) is 14.3. The number of thiophene rings is 1. The summed E-state index contributed by atoms with van der Waals surface area (Å²) < 4.78 is 10.5. The van der Waals surface area contributed by atoms with E-state index >= 15 is 0 Å². The second-order valence-corrected chi connectivity index (χ2v) is 7.34. The second-order valence-electron chi connectivity index (χ2n) is 6.12. The monoisotopic (exact) mass is 341 g/mol. The minimum atomic E-state index is -0.414. The molecule has 23 heavy (non-hydrogen) atoms. The lowest BCUT2D eigenvalue weighted by molar-refractivity contribution is -0.907. The Hall–Kier alpha value is -1.44. The number of ether oxygens (including phenoxy) is 2. The van der Waals surface area contributed by atoms with Crippen molar-refractivity contribution in [2.45, 2.75) is 39.9 Å². The van der Waals surface area contributed by atoms with Gasteiger partial charge in [-0.05, 0) is 33.3 Å². The molecule has 1 amide bonds. The van der Waals surface area contributed by atoms with Crippen LogP contribution >= 0.6 is 11.3 Å². The standard InChI is InChI=1S/C16H24N2O4S/c1-9-6-18(7-10(2)22-9)8-13(19)17-15-14(16(20)21-5)11(3)12(4)23-15/h9-10H,6-8H2,1-5H3,(H,17,19)/p+1/t9-,10+. The first-order chi connectivity index (χ1) is 10.8. The van der Waals surface area contributed by atoms with Crippen LogP contribution in [0.4, 0.5) is 5.00 Å². The lowest BCUT2D eigenvalue weighted by Crippen LogP contribution is -3.16. The van der Waals surface area contributed by atoms with Gasteiger partial charge in [0, 0.05) is 4.88 Å². The summed E-state index contributed by atoms with van der Waals surface area (Å²) in [7, 11) is 1.35. The van der Waals surface area contributed by atoms with Gasteiger partial charge in [0.05, 0.1) is 12.7 Å². The smallest absolute Gasteiger partial charge is 0.341 e. The predicted molar refractivity (Wildman–Crippen MR) is 89.3 cm³/mol. The van der Waals surface area contributed by atoms with Gasteiger partial charge in [0.2, 0.25) is 0 Å². The molecule has 2 N–H and O–H groups in total. The Kier molecular flexibility index (Phi) is 5.78. The van der Waals surface area contributed by atoms with Crippen molar-refractivity contribution in [1.82, 2.24) is 0 Å². The molecule has 0 aromatic carbocycles. The van der Waals surface area contributed by atoms with Gasteiger partial charge in [0.15, 0.2) is 6.54 Å². The van der Waals surface area contributed by atoms with E-state index in [1.807, 2.05) is 27.7 Å². The molecule has 1 aliphatic heterocycles. The van der Waals surface area contributed by atoms with E-state index in [2.05, 4.69) is 5.32 Å². The predicted octanol–water partition coefficient (Wildman–Crippen LogP) is 0.782. The summed E-state index contributed by atoms with van der Waals surface area (Å²) in [6.07, 6.45) is 0.303. The Labute approximate surface area is 140 Å². The molecule has 1 aliphatic rings. The fraction of sp³-hybridized carbons (Fsp3) is 0.625. The first kappa shape index (κ1) is 17.9. The van der Waals surface area contributed by atoms with Crippen molar-refractivity contribution in [3.8, 4) is 0 Å². The van der Waals surface area contributed by atoms with Crippen LogP contribution in [0.15, 0.2) is 0 Å². The second kappa shape index (κ2) is 7.42. The minimum Gasteiger partial charge on any atom is -0.465 e. The van der Waals surface area contributed by atoms with Crippen LogP contribution in [0.5, 0.6) is 0 Å². The van der Waals surface area contributed by atoms with E-state index < -0.39 is 5.97 Å². The molecule has 0 spiro atoms. The zero-order valence-corrected chi connectivity index (χ0v) is 15.1. The first-order valence-electron chi connectivity index (χ1n) is 7.79. The highest BCUT2D eigenvalue weighted by molar-refractivity contribution is 7.16. The number of anilines is 1. The molecule has 0 saturated carbocycles. The van der Waals surface area contributed by atoms with Gasteiger partial charge in [-0.2, -0.15) is 0 Å². The number of carbonyl (C=O) groups is 2. The maximum Gasteiger partial charge on any atom is 0.341 e. The van der Waals surface area contributed by atoms with Gasteiger partial charge in [-0.25, -0.2) is 4.79 Å². The number of hydrogen-bond acceptors (Lipinski definition) is 5. The van der Waals surface area contributed by atoms with Gasteiger partial charge >= 0.3 is 5.97 Å². The average molecular weight is 341 g/mol. The van der Waals surface area contributed by atoms with Crippen LogP contribution in [0.2, 0.25) is 0 Å². The van der Waals surface area contributed by atoms with Crippen LogP contribution in [0.1, 0.15) is 34.6 Å². The Bertz CT molecular complexity index is 589. The van der Waals surface area contributed by atoms with E-state index in [-0.39, 0.29) is 18.1 Å². The van der Waals surface area contributed by atoms with Gasteiger partial charge in [-0.1, -0.05) is 0 Å². The van der Waals surface area contributed by atoms with Gasteiger partial charge in [-0.15, -0.1) is 11.3 Å². The lowest BCUT2D eigenvalue weighted by Gasteiger charge is -2.31. The first-order valence-corrected chi connectivity index (χ1v) is 8.60. The molecule has 1 saturated heterocycles. The van der Waals surface area contributed by atoms with Gasteiger partial charge < -0.3 is 19.7 Å². The minimum absolute atomic E-state index is 0.0901. The highest BCUT2D eigenvalue weighted by atomic mass is 32.1. The quantitative estimate of drug-likeness (QED) is 0.794. The largest absolute Gasteiger partial charge is 0.465 e. The molecule has 2 rings (SSSR count). The number of quaternary nitrogens is 1. The fourth-order valence-electron chi connectivity index (χ4n) is 2.99. The molecule has 6 nitrogen and oxygen atoms in total. The van der Waals surface area contributed by atoms with Crippen LogP contribution in [0, 0.1) is 13.8 Å². The Morgan fingerprint density at radius 2 is 1.91 bits per heavy atom. The van der Waals surface area contributed by atoms with Crippen LogP contribution in [0.25, 0.3) is 0 Å². The maximum absolute atomic E-state index is 12.4. The molecule has 2 heterocycles. The van der Waals surface area contributed by atoms with E-state index in [4.69, 9.17) is 9.47 Å². The number of rotatable bonds is 4. The molecule has 0 bridgehead atoms. The Morgan fingerprint density at radius 3 is 2.48 bits per heavy atom. The molecule has 128 valence electrons. The molecular formula is C16H25N2O4S+. The van der Waals surface area contributed by atoms with Crippen molar-refractivity contribution in [3.05, 3.63) is 16.0 Å². The number of methoxy groups -OCH3 is 1. The summed E-state index contributed by atoms with van der Waals surface area (Å²) in [4.78, 5) is 26.5. The maximum atomic E-state index is 12.4. The third-order valence-corrected chi connectivity index (χ3v) is 5.18. The van der Waals surface area contributed by atoms with Crippen molar-refractivity contribution < 1.29 is 24.0 Å². The van der Waals surface area contributed by atoms with Crippen molar-refractivity contribution in [3.63, 3.8) is 0 Å². The molecular weight excluding hydrogens is 316 g/mol. The number of hydrogen-bond donors (Lipinski definition) is 2. The van der Waals surface area contributed by atoms with Crippen molar-refractivity contribution >= 4 is 28.2 Å². The highest BCUT2D eigenvalue weighted by Gasteiger charge is 2.28. The van der Waals surface area contributed by atoms with Crippen LogP contribution in [0.3, 0.4) is 0 Å². The average Bonchev–Trinajstić information content (AvgIpc) is 2.71. The van der Waals surface area contributed by atoms with Crippen LogP contribution in [-0.4, -0.2) is 50.8 Å². The third-order valence-electron chi connectivity index (χ3n) is 4.06. The molecule has 1 aromatic rings. The summed E-state index contributed by atoms with van der Waals surface area (Å²) >= 11 is 1.41. The summed E-state index contributed by atoms with van der Waals surface area (Å²) in [6.45, 7) is 9.83. The number of carbonyl (C=O) groups excluding carboxylic acids is 2. The zero-order chi connectivity index (χ0) is 17.1. The number of amides is 1. The third kappa shape index (κ3) is 4.31. The SMILES string of the molecule is COC(=O)c1c(NC(=O)C[NH+]2C[C@@H](C)O[C@@H](C)C2)sc(C)c1C. The Morgan fingerprint density at radius 1 is 1.30 bits per heavy atom. The van der Waals surface area contributed by atoms with Crippen LogP contribution in [-0.2, 0) is 14.3 Å². The van der Waals surface area contributed by atoms with Crippen molar-refractivity contribution in [1.29, 1.82) is 0 Å². The number of aryl methyl sites for hydroxylation is 1. The van der Waals surface area contributed by atoms with Gasteiger partial charge in [0.25, 0.3) is 5.91 Å². The molecule has 7 heteroatoms. The summed E-state index contributed by atoms with van der Waals surface area (Å²) in [5, 5.41) is 3.46. The molecule has 1 fully saturated rings. The summed E-state index contributed by atoms with van der Waals surface area (Å²) in [6, 6.07) is 0. The fourth-order valence-corrected chi connectivity index (χ4v) is 4.06. The molecule has 3 atom stereocenters. The number of morpholine rings is 1. The Balaban J connectivity index is 2.06. The molecule has 1 unspecified atom stereocenters. The van der Waals surface area contributed by atoms with Gasteiger partial charge in [0.1, 0.15) is 30.3 Å². The highest BCUT2D eigenvalue weighted by Crippen LogP contribution is 2.32.